The van der Waals surface area contributed by atoms with Crippen molar-refractivity contribution >= 4 is 50.1 Å². The lowest BCUT2D eigenvalue weighted by atomic mass is 10.3. The molecule has 2 aromatic carbocycles. The standard InChI is InChI=1S/C21H17N3O3S2/c1-24(2)21(26)29-18-10-6-3-7-13(18)22-19(25)15-11-12-16(27-15)20-23-14-8-4-5-9-17(14)28-20/h3-12H,1-2H3,(H,22,25). The van der Waals surface area contributed by atoms with Crippen LogP contribution in [-0.2, 0) is 0 Å². The van der Waals surface area contributed by atoms with Crippen LogP contribution in [0.3, 0.4) is 0 Å². The third-order valence-corrected chi connectivity index (χ3v) is 6.20. The molecule has 1 N–H and O–H groups in total. The van der Waals surface area contributed by atoms with Crippen LogP contribution in [-0.4, -0.2) is 35.1 Å². The van der Waals surface area contributed by atoms with Gasteiger partial charge in [-0.1, -0.05) is 24.3 Å². The molecule has 0 bridgehead atoms. The van der Waals surface area contributed by atoms with Crippen LogP contribution >= 0.6 is 23.1 Å². The maximum Gasteiger partial charge on any atom is 0.291 e. The third kappa shape index (κ3) is 4.18. The molecule has 0 aliphatic heterocycles. The van der Waals surface area contributed by atoms with Gasteiger partial charge in [0.1, 0.15) is 0 Å². The number of furan rings is 1. The normalized spacial score (nSPS) is 10.8. The number of carbonyl (C=O) groups excluding carboxylic acids is 2. The highest BCUT2D eigenvalue weighted by atomic mass is 32.2. The number of para-hydroxylation sites is 2. The minimum absolute atomic E-state index is 0.122. The lowest BCUT2D eigenvalue weighted by Gasteiger charge is -2.12. The van der Waals surface area contributed by atoms with Gasteiger partial charge in [0.25, 0.3) is 11.1 Å². The number of amides is 2. The molecule has 4 rings (SSSR count). The zero-order valence-electron chi connectivity index (χ0n) is 15.7. The van der Waals surface area contributed by atoms with E-state index in [0.717, 1.165) is 27.0 Å². The van der Waals surface area contributed by atoms with Crippen LogP contribution in [0.15, 0.2) is 70.0 Å². The number of benzene rings is 2. The molecule has 0 radical (unpaired) electrons. The first kappa shape index (κ1) is 19.2. The number of hydrogen-bond donors (Lipinski definition) is 1. The quantitative estimate of drug-likeness (QED) is 0.434. The Hall–Kier alpha value is -3.10. The van der Waals surface area contributed by atoms with E-state index >= 15 is 0 Å². The van der Waals surface area contributed by atoms with Crippen molar-refractivity contribution in [1.29, 1.82) is 0 Å². The Bertz CT molecular complexity index is 1160. The summed E-state index contributed by atoms with van der Waals surface area (Å²) in [6.07, 6.45) is 0. The number of aromatic nitrogens is 1. The van der Waals surface area contributed by atoms with Gasteiger partial charge in [-0.25, -0.2) is 4.98 Å². The molecule has 0 saturated heterocycles. The van der Waals surface area contributed by atoms with E-state index in [1.165, 1.54) is 16.2 Å². The minimum Gasteiger partial charge on any atom is -0.448 e. The van der Waals surface area contributed by atoms with Crippen molar-refractivity contribution in [2.45, 2.75) is 4.90 Å². The number of thioether (sulfide) groups is 1. The van der Waals surface area contributed by atoms with E-state index in [-0.39, 0.29) is 16.9 Å². The summed E-state index contributed by atoms with van der Waals surface area (Å²) >= 11 is 2.56. The lowest BCUT2D eigenvalue weighted by molar-refractivity contribution is 0.0997. The van der Waals surface area contributed by atoms with Crippen LogP contribution in [0.4, 0.5) is 10.5 Å². The zero-order valence-corrected chi connectivity index (χ0v) is 17.3. The Morgan fingerprint density at radius 1 is 1.03 bits per heavy atom. The van der Waals surface area contributed by atoms with Crippen molar-refractivity contribution in [2.75, 3.05) is 19.4 Å². The number of nitrogens with one attached hydrogen (secondary N) is 1. The Labute approximate surface area is 175 Å². The maximum absolute atomic E-state index is 12.7. The summed E-state index contributed by atoms with van der Waals surface area (Å²) < 4.78 is 6.80. The first-order valence-corrected chi connectivity index (χ1v) is 10.4. The molecule has 146 valence electrons. The van der Waals surface area contributed by atoms with Crippen molar-refractivity contribution in [1.82, 2.24) is 9.88 Å². The first-order chi connectivity index (χ1) is 14.0. The highest BCUT2D eigenvalue weighted by molar-refractivity contribution is 8.13. The highest BCUT2D eigenvalue weighted by Gasteiger charge is 2.17. The molecular weight excluding hydrogens is 406 g/mol. The molecule has 0 unspecified atom stereocenters. The Morgan fingerprint density at radius 2 is 1.79 bits per heavy atom. The molecule has 0 fully saturated rings. The monoisotopic (exact) mass is 423 g/mol. The van der Waals surface area contributed by atoms with Gasteiger partial charge in [-0.05, 0) is 48.2 Å². The topological polar surface area (TPSA) is 75.4 Å². The van der Waals surface area contributed by atoms with Gasteiger partial charge in [-0.15, -0.1) is 11.3 Å². The maximum atomic E-state index is 12.7. The minimum atomic E-state index is -0.386. The van der Waals surface area contributed by atoms with Crippen LogP contribution in [0, 0.1) is 0 Å². The van der Waals surface area contributed by atoms with Gasteiger partial charge in [-0.3, -0.25) is 9.59 Å². The summed E-state index contributed by atoms with van der Waals surface area (Å²) in [5, 5.41) is 3.42. The molecule has 0 aliphatic carbocycles. The first-order valence-electron chi connectivity index (χ1n) is 8.76. The second kappa shape index (κ2) is 8.10. The summed E-state index contributed by atoms with van der Waals surface area (Å²) in [6, 6.07) is 18.3. The molecule has 0 spiro atoms. The Kier molecular flexibility index (Phi) is 5.37. The van der Waals surface area contributed by atoms with Gasteiger partial charge in [0.05, 0.1) is 15.9 Å². The van der Waals surface area contributed by atoms with Crippen molar-refractivity contribution in [3.05, 3.63) is 66.4 Å². The highest BCUT2D eigenvalue weighted by Crippen LogP contribution is 2.32. The third-order valence-electron chi connectivity index (χ3n) is 4.03. The van der Waals surface area contributed by atoms with E-state index in [2.05, 4.69) is 10.3 Å². The Morgan fingerprint density at radius 3 is 2.59 bits per heavy atom. The lowest BCUT2D eigenvalue weighted by Crippen LogP contribution is -2.17. The van der Waals surface area contributed by atoms with E-state index in [1.54, 1.807) is 44.4 Å². The van der Waals surface area contributed by atoms with E-state index < -0.39 is 0 Å². The van der Waals surface area contributed by atoms with Crippen LogP contribution in [0.2, 0.25) is 0 Å². The smallest absolute Gasteiger partial charge is 0.291 e. The van der Waals surface area contributed by atoms with Crippen molar-refractivity contribution in [3.63, 3.8) is 0 Å². The average molecular weight is 424 g/mol. The number of hydrogen-bond acceptors (Lipinski definition) is 6. The van der Waals surface area contributed by atoms with Gasteiger partial charge in [0.15, 0.2) is 16.5 Å². The van der Waals surface area contributed by atoms with Crippen LogP contribution in [0.25, 0.3) is 21.0 Å². The van der Waals surface area contributed by atoms with Crippen molar-refractivity contribution in [3.8, 4) is 10.8 Å². The van der Waals surface area contributed by atoms with E-state index in [0.29, 0.717) is 16.3 Å². The number of rotatable bonds is 4. The molecule has 0 atom stereocenters. The Balaban J connectivity index is 1.54. The fourth-order valence-electron chi connectivity index (χ4n) is 2.58. The van der Waals surface area contributed by atoms with E-state index in [9.17, 15) is 9.59 Å². The van der Waals surface area contributed by atoms with Gasteiger partial charge in [-0.2, -0.15) is 0 Å². The summed E-state index contributed by atoms with van der Waals surface area (Å²) in [4.78, 5) is 31.4. The number of fused-ring (bicyclic) bond motifs is 1. The molecule has 0 aliphatic rings. The second-order valence-corrected chi connectivity index (χ2v) is 8.39. The zero-order chi connectivity index (χ0) is 20.4. The summed E-state index contributed by atoms with van der Waals surface area (Å²) in [6.45, 7) is 0. The number of carbonyl (C=O) groups is 2. The fourth-order valence-corrected chi connectivity index (χ4v) is 4.25. The van der Waals surface area contributed by atoms with Crippen molar-refractivity contribution in [2.24, 2.45) is 0 Å². The molecule has 2 heterocycles. The van der Waals surface area contributed by atoms with E-state index in [4.69, 9.17) is 4.42 Å². The molecule has 6 nitrogen and oxygen atoms in total. The average Bonchev–Trinajstić information content (AvgIpc) is 3.36. The van der Waals surface area contributed by atoms with Crippen LogP contribution in [0.5, 0.6) is 0 Å². The van der Waals surface area contributed by atoms with Gasteiger partial charge >= 0.3 is 0 Å². The molecule has 2 aromatic heterocycles. The van der Waals surface area contributed by atoms with E-state index in [1.807, 2.05) is 30.3 Å². The predicted octanol–water partition coefficient (Wildman–Crippen LogP) is 5.58. The molecule has 29 heavy (non-hydrogen) atoms. The van der Waals surface area contributed by atoms with Gasteiger partial charge in [0, 0.05) is 19.0 Å². The van der Waals surface area contributed by atoms with Crippen LogP contribution in [0.1, 0.15) is 10.6 Å². The summed E-state index contributed by atoms with van der Waals surface area (Å²) in [5.41, 5.74) is 1.45. The van der Waals surface area contributed by atoms with Gasteiger partial charge in [0.2, 0.25) is 0 Å². The number of thiazole rings is 1. The molecule has 2 amide bonds. The number of nitrogens with zero attached hydrogens (tertiary/aromatic N) is 2. The summed E-state index contributed by atoms with van der Waals surface area (Å²) in [7, 11) is 3.37. The molecular formula is C21H17N3O3S2. The SMILES string of the molecule is CN(C)C(=O)Sc1ccccc1NC(=O)c1ccc(-c2nc3ccccc3s2)o1. The molecule has 0 saturated carbocycles. The molecule has 4 aromatic rings. The number of anilines is 1. The van der Waals surface area contributed by atoms with Crippen LogP contribution < -0.4 is 5.32 Å². The molecule has 8 heteroatoms. The summed E-state index contributed by atoms with van der Waals surface area (Å²) in [5.74, 6) is 0.336. The largest absolute Gasteiger partial charge is 0.448 e. The predicted molar refractivity (Wildman–Crippen MR) is 117 cm³/mol. The van der Waals surface area contributed by atoms with Crippen molar-refractivity contribution < 1.29 is 14.0 Å². The fraction of sp³-hybridized carbons (Fsp3) is 0.0952. The van der Waals surface area contributed by atoms with Gasteiger partial charge < -0.3 is 14.6 Å². The second-order valence-electron chi connectivity index (χ2n) is 6.36.